The Bertz CT molecular complexity index is 337. The molecule has 0 spiro atoms. The van der Waals surface area contributed by atoms with Crippen molar-refractivity contribution in [2.45, 2.75) is 13.1 Å². The SMILES string of the molecule is CNCc1cccc(CN(CCOC)CCOC)c1. The smallest absolute Gasteiger partial charge is 0.0589 e. The van der Waals surface area contributed by atoms with Crippen molar-refractivity contribution in [1.82, 2.24) is 10.2 Å². The molecule has 0 aliphatic heterocycles. The quantitative estimate of drug-likeness (QED) is 0.696. The van der Waals surface area contributed by atoms with Crippen LogP contribution in [0.5, 0.6) is 0 Å². The second-order valence-electron chi connectivity index (χ2n) is 4.61. The first-order chi connectivity index (χ1) is 9.30. The number of rotatable bonds is 10. The first-order valence-electron chi connectivity index (χ1n) is 6.72. The fourth-order valence-electron chi connectivity index (χ4n) is 2.01. The van der Waals surface area contributed by atoms with Crippen LogP contribution in [-0.2, 0) is 22.6 Å². The van der Waals surface area contributed by atoms with Gasteiger partial charge in [-0.15, -0.1) is 0 Å². The van der Waals surface area contributed by atoms with Crippen molar-refractivity contribution in [2.75, 3.05) is 47.6 Å². The van der Waals surface area contributed by atoms with Crippen LogP contribution in [0.25, 0.3) is 0 Å². The summed E-state index contributed by atoms with van der Waals surface area (Å²) in [6, 6.07) is 8.69. The maximum absolute atomic E-state index is 5.16. The second-order valence-corrected chi connectivity index (χ2v) is 4.61. The van der Waals surface area contributed by atoms with Gasteiger partial charge in [-0.3, -0.25) is 4.90 Å². The monoisotopic (exact) mass is 266 g/mol. The summed E-state index contributed by atoms with van der Waals surface area (Å²) in [5, 5.41) is 3.18. The molecule has 0 atom stereocenters. The molecule has 1 aromatic rings. The van der Waals surface area contributed by atoms with Crippen molar-refractivity contribution >= 4 is 0 Å². The summed E-state index contributed by atoms with van der Waals surface area (Å²) in [7, 11) is 5.44. The van der Waals surface area contributed by atoms with Gasteiger partial charge in [0.15, 0.2) is 0 Å². The predicted molar refractivity (Wildman–Crippen MR) is 78.2 cm³/mol. The fourth-order valence-corrected chi connectivity index (χ4v) is 2.01. The summed E-state index contributed by atoms with van der Waals surface area (Å²) in [5.74, 6) is 0. The maximum atomic E-state index is 5.16. The topological polar surface area (TPSA) is 33.7 Å². The summed E-state index contributed by atoms with van der Waals surface area (Å²) in [5.41, 5.74) is 2.65. The first kappa shape index (κ1) is 16.1. The molecule has 0 aliphatic carbocycles. The number of benzene rings is 1. The van der Waals surface area contributed by atoms with Crippen molar-refractivity contribution in [2.24, 2.45) is 0 Å². The van der Waals surface area contributed by atoms with E-state index in [9.17, 15) is 0 Å². The lowest BCUT2D eigenvalue weighted by atomic mass is 10.1. The molecular formula is C15H26N2O2. The van der Waals surface area contributed by atoms with Crippen LogP contribution in [0.2, 0.25) is 0 Å². The number of nitrogens with one attached hydrogen (secondary N) is 1. The van der Waals surface area contributed by atoms with Crippen molar-refractivity contribution in [3.8, 4) is 0 Å². The van der Waals surface area contributed by atoms with Crippen LogP contribution in [0, 0.1) is 0 Å². The molecule has 4 nitrogen and oxygen atoms in total. The number of nitrogens with zero attached hydrogens (tertiary/aromatic N) is 1. The molecule has 0 saturated carbocycles. The Morgan fingerprint density at radius 3 is 2.26 bits per heavy atom. The Morgan fingerprint density at radius 1 is 1.05 bits per heavy atom. The average molecular weight is 266 g/mol. The summed E-state index contributed by atoms with van der Waals surface area (Å²) >= 11 is 0. The van der Waals surface area contributed by atoms with E-state index >= 15 is 0 Å². The molecule has 0 radical (unpaired) electrons. The van der Waals surface area contributed by atoms with E-state index in [2.05, 4.69) is 34.5 Å². The van der Waals surface area contributed by atoms with Crippen LogP contribution < -0.4 is 5.32 Å². The summed E-state index contributed by atoms with van der Waals surface area (Å²) < 4.78 is 10.3. The second kappa shape index (κ2) is 9.92. The Balaban J connectivity index is 2.57. The molecule has 1 N–H and O–H groups in total. The zero-order valence-corrected chi connectivity index (χ0v) is 12.3. The van der Waals surface area contributed by atoms with Crippen molar-refractivity contribution in [1.29, 1.82) is 0 Å². The van der Waals surface area contributed by atoms with E-state index < -0.39 is 0 Å². The van der Waals surface area contributed by atoms with Gasteiger partial charge in [-0.05, 0) is 18.2 Å². The van der Waals surface area contributed by atoms with Crippen LogP contribution in [0.3, 0.4) is 0 Å². The number of hydrogen-bond donors (Lipinski definition) is 1. The minimum absolute atomic E-state index is 0.750. The number of hydrogen-bond acceptors (Lipinski definition) is 4. The predicted octanol–water partition coefficient (Wildman–Crippen LogP) is 1.50. The standard InChI is InChI=1S/C15H26N2O2/c1-16-12-14-5-4-6-15(11-14)13-17(7-9-18-2)8-10-19-3/h4-6,11,16H,7-10,12-13H2,1-3H3. The van der Waals surface area contributed by atoms with Crippen LogP contribution in [-0.4, -0.2) is 52.5 Å². The molecule has 0 unspecified atom stereocenters. The van der Waals surface area contributed by atoms with Crippen LogP contribution in [0.15, 0.2) is 24.3 Å². The molecule has 108 valence electrons. The Morgan fingerprint density at radius 2 is 1.68 bits per heavy atom. The van der Waals surface area contributed by atoms with E-state index in [0.29, 0.717) is 0 Å². The first-order valence-corrected chi connectivity index (χ1v) is 6.72. The minimum atomic E-state index is 0.750. The van der Waals surface area contributed by atoms with Gasteiger partial charge in [-0.25, -0.2) is 0 Å². The molecule has 19 heavy (non-hydrogen) atoms. The molecule has 0 fully saturated rings. The number of ether oxygens (including phenoxy) is 2. The van der Waals surface area contributed by atoms with Gasteiger partial charge in [0.25, 0.3) is 0 Å². The van der Waals surface area contributed by atoms with E-state index in [1.165, 1.54) is 11.1 Å². The average Bonchev–Trinajstić information content (AvgIpc) is 2.42. The Kier molecular flexibility index (Phi) is 8.41. The summed E-state index contributed by atoms with van der Waals surface area (Å²) in [6.07, 6.45) is 0. The van der Waals surface area contributed by atoms with Crippen molar-refractivity contribution in [3.63, 3.8) is 0 Å². The third kappa shape index (κ3) is 6.68. The van der Waals surface area contributed by atoms with Gasteiger partial charge in [0, 0.05) is 40.4 Å². The van der Waals surface area contributed by atoms with Crippen molar-refractivity contribution < 1.29 is 9.47 Å². The van der Waals surface area contributed by atoms with E-state index in [1.54, 1.807) is 14.2 Å². The highest BCUT2D eigenvalue weighted by atomic mass is 16.5. The lowest BCUT2D eigenvalue weighted by Crippen LogP contribution is -2.30. The van der Waals surface area contributed by atoms with Crippen LogP contribution in [0.1, 0.15) is 11.1 Å². The fraction of sp³-hybridized carbons (Fsp3) is 0.600. The van der Waals surface area contributed by atoms with Gasteiger partial charge in [-0.1, -0.05) is 24.3 Å². The Hall–Kier alpha value is -0.940. The highest BCUT2D eigenvalue weighted by Gasteiger charge is 2.06. The third-order valence-electron chi connectivity index (χ3n) is 3.00. The molecule has 1 rings (SSSR count). The molecule has 0 aromatic heterocycles. The van der Waals surface area contributed by atoms with Crippen LogP contribution in [0.4, 0.5) is 0 Å². The summed E-state index contributed by atoms with van der Waals surface area (Å²) in [4.78, 5) is 2.35. The summed E-state index contributed by atoms with van der Waals surface area (Å²) in [6.45, 7) is 5.19. The molecule has 0 saturated heterocycles. The Labute approximate surface area is 116 Å². The van der Waals surface area contributed by atoms with Gasteiger partial charge < -0.3 is 14.8 Å². The van der Waals surface area contributed by atoms with Crippen LogP contribution >= 0.6 is 0 Å². The highest BCUT2D eigenvalue weighted by molar-refractivity contribution is 5.23. The molecule has 0 bridgehead atoms. The third-order valence-corrected chi connectivity index (χ3v) is 3.00. The highest BCUT2D eigenvalue weighted by Crippen LogP contribution is 2.08. The van der Waals surface area contributed by atoms with Gasteiger partial charge in [0.1, 0.15) is 0 Å². The molecule has 1 aromatic carbocycles. The maximum Gasteiger partial charge on any atom is 0.0589 e. The van der Waals surface area contributed by atoms with Gasteiger partial charge in [0.2, 0.25) is 0 Å². The van der Waals surface area contributed by atoms with E-state index in [1.807, 2.05) is 7.05 Å². The zero-order chi connectivity index (χ0) is 13.9. The lowest BCUT2D eigenvalue weighted by Gasteiger charge is -2.22. The number of methoxy groups -OCH3 is 2. The van der Waals surface area contributed by atoms with E-state index in [0.717, 1.165) is 39.4 Å². The van der Waals surface area contributed by atoms with Gasteiger partial charge in [0.05, 0.1) is 13.2 Å². The van der Waals surface area contributed by atoms with Crippen molar-refractivity contribution in [3.05, 3.63) is 35.4 Å². The molecule has 0 heterocycles. The zero-order valence-electron chi connectivity index (χ0n) is 12.3. The van der Waals surface area contributed by atoms with Gasteiger partial charge >= 0.3 is 0 Å². The molecule has 0 amide bonds. The van der Waals surface area contributed by atoms with E-state index in [-0.39, 0.29) is 0 Å². The van der Waals surface area contributed by atoms with Gasteiger partial charge in [-0.2, -0.15) is 0 Å². The minimum Gasteiger partial charge on any atom is -0.383 e. The molecule has 4 heteroatoms. The largest absolute Gasteiger partial charge is 0.383 e. The van der Waals surface area contributed by atoms with E-state index in [4.69, 9.17) is 9.47 Å². The lowest BCUT2D eigenvalue weighted by molar-refractivity contribution is 0.110. The normalized spacial score (nSPS) is 11.2. The molecular weight excluding hydrogens is 240 g/mol. The molecule has 0 aliphatic rings.